The number of halogens is 5. The van der Waals surface area contributed by atoms with Crippen molar-refractivity contribution in [3.05, 3.63) is 52.1 Å². The third-order valence-corrected chi connectivity index (χ3v) is 5.91. The van der Waals surface area contributed by atoms with E-state index < -0.39 is 32.7 Å². The number of carbonyl (C=O) groups is 1. The van der Waals surface area contributed by atoms with Gasteiger partial charge in [-0.2, -0.15) is 30.8 Å². The molecule has 12 heteroatoms. The molecule has 28 heavy (non-hydrogen) atoms. The van der Waals surface area contributed by atoms with Crippen LogP contribution in [0.1, 0.15) is 5.69 Å². The summed E-state index contributed by atoms with van der Waals surface area (Å²) in [5.74, 6) is -2.28. The van der Waals surface area contributed by atoms with Gasteiger partial charge in [0, 0.05) is 10.4 Å². The molecule has 3 aromatic rings. The van der Waals surface area contributed by atoms with E-state index in [2.05, 4.69) is 5.10 Å². The predicted molar refractivity (Wildman–Crippen MR) is 98.2 cm³/mol. The van der Waals surface area contributed by atoms with Crippen LogP contribution in [0.25, 0.3) is 10.9 Å². The first kappa shape index (κ1) is 20.4. The second kappa shape index (κ2) is 6.94. The number of hydrogen-bond acceptors (Lipinski definition) is 4. The van der Waals surface area contributed by atoms with Crippen LogP contribution in [0.5, 0.6) is 0 Å². The van der Waals surface area contributed by atoms with Crippen LogP contribution in [-0.2, 0) is 14.8 Å². The number of alkyl halides is 3. The van der Waals surface area contributed by atoms with E-state index >= 15 is 0 Å². The fourth-order valence-corrected chi connectivity index (χ4v) is 4.14. The highest BCUT2D eigenvalue weighted by atomic mass is 35.5. The van der Waals surface area contributed by atoms with Crippen molar-refractivity contribution in [1.82, 2.24) is 9.19 Å². The lowest BCUT2D eigenvalue weighted by Gasteiger charge is -2.12. The molecule has 1 N–H and O–H groups in total. The molecule has 1 heterocycles. The van der Waals surface area contributed by atoms with Crippen molar-refractivity contribution in [3.8, 4) is 0 Å². The van der Waals surface area contributed by atoms with Crippen molar-refractivity contribution in [2.45, 2.75) is 18.0 Å². The smallest absolute Gasteiger partial charge is 0.317 e. The number of amides is 1. The van der Waals surface area contributed by atoms with Crippen LogP contribution in [0.4, 0.5) is 18.9 Å². The molecule has 0 aliphatic rings. The van der Waals surface area contributed by atoms with Gasteiger partial charge in [0.05, 0.1) is 26.8 Å². The first-order valence-corrected chi connectivity index (χ1v) is 9.69. The number of nitrogens with zero attached hydrogens (tertiary/aromatic N) is 2. The average molecular weight is 452 g/mol. The molecular weight excluding hydrogens is 442 g/mol. The maximum atomic E-state index is 13.0. The first-order chi connectivity index (χ1) is 12.9. The van der Waals surface area contributed by atoms with Gasteiger partial charge in [0.1, 0.15) is 0 Å². The number of hydrogen-bond donors (Lipinski definition) is 1. The Kier molecular flexibility index (Phi) is 5.07. The molecule has 2 aromatic carbocycles. The highest BCUT2D eigenvalue weighted by Crippen LogP contribution is 2.30. The molecule has 0 aliphatic heterocycles. The molecule has 3 rings (SSSR count). The molecule has 148 valence electrons. The van der Waals surface area contributed by atoms with E-state index in [1.807, 2.05) is 0 Å². The summed E-state index contributed by atoms with van der Waals surface area (Å²) >= 11 is 11.7. The van der Waals surface area contributed by atoms with E-state index in [0.717, 1.165) is 22.3 Å². The van der Waals surface area contributed by atoms with Crippen molar-refractivity contribution in [1.29, 1.82) is 0 Å². The third-order valence-electron chi connectivity index (χ3n) is 3.76. The topological polar surface area (TPSA) is 81.1 Å². The minimum Gasteiger partial charge on any atom is -0.317 e. The van der Waals surface area contributed by atoms with Crippen LogP contribution in [0.2, 0.25) is 10.0 Å². The number of fused-ring (bicyclic) bond motifs is 1. The lowest BCUT2D eigenvalue weighted by Crippen LogP contribution is -2.30. The average Bonchev–Trinajstić information content (AvgIpc) is 2.93. The molecule has 0 aliphatic carbocycles. The van der Waals surface area contributed by atoms with Gasteiger partial charge in [-0.3, -0.25) is 4.79 Å². The molecule has 0 atom stereocenters. The quantitative estimate of drug-likeness (QED) is 0.640. The number of anilines is 1. The Morgan fingerprint density at radius 1 is 1.14 bits per heavy atom. The van der Waals surface area contributed by atoms with Gasteiger partial charge in [0.15, 0.2) is 0 Å². The van der Waals surface area contributed by atoms with Crippen LogP contribution in [0, 0.1) is 6.92 Å². The van der Waals surface area contributed by atoms with Gasteiger partial charge in [-0.1, -0.05) is 23.2 Å². The Bertz CT molecular complexity index is 1210. The van der Waals surface area contributed by atoms with Crippen LogP contribution in [-0.4, -0.2) is 29.7 Å². The van der Waals surface area contributed by atoms with Gasteiger partial charge in [-0.05, 0) is 43.3 Å². The Hall–Kier alpha value is -2.30. The van der Waals surface area contributed by atoms with E-state index in [4.69, 9.17) is 23.2 Å². The SMILES string of the molecule is Cc1nn(S(=O)(=O)c2ccc(Cl)c(NC(=O)C(F)(F)F)c2)c2ccc(Cl)cc12. The van der Waals surface area contributed by atoms with E-state index in [-0.39, 0.29) is 10.5 Å². The summed E-state index contributed by atoms with van der Waals surface area (Å²) in [7, 11) is -4.30. The largest absolute Gasteiger partial charge is 0.471 e. The Morgan fingerprint density at radius 3 is 2.46 bits per heavy atom. The molecule has 0 radical (unpaired) electrons. The van der Waals surface area contributed by atoms with Gasteiger partial charge < -0.3 is 5.32 Å². The number of aryl methyl sites for hydroxylation is 1. The lowest BCUT2D eigenvalue weighted by atomic mass is 10.2. The number of nitrogens with one attached hydrogen (secondary N) is 1. The molecule has 1 aromatic heterocycles. The standard InChI is InChI=1S/C16H10Cl2F3N3O3S/c1-8-11-6-9(17)2-5-14(11)24(23-8)28(26,27)10-3-4-12(18)13(7-10)22-15(25)16(19,20)21/h2-7H,1H3,(H,22,25). The van der Waals surface area contributed by atoms with Crippen LogP contribution >= 0.6 is 23.2 Å². The summed E-state index contributed by atoms with van der Waals surface area (Å²) in [5, 5.41) is 6.18. The van der Waals surface area contributed by atoms with E-state index in [9.17, 15) is 26.4 Å². The van der Waals surface area contributed by atoms with E-state index in [1.54, 1.807) is 18.3 Å². The highest BCUT2D eigenvalue weighted by molar-refractivity contribution is 7.90. The van der Waals surface area contributed by atoms with Gasteiger partial charge in [0.25, 0.3) is 10.0 Å². The zero-order chi connectivity index (χ0) is 20.9. The van der Waals surface area contributed by atoms with Gasteiger partial charge in [-0.25, -0.2) is 0 Å². The summed E-state index contributed by atoms with van der Waals surface area (Å²) in [4.78, 5) is 10.7. The van der Waals surface area contributed by atoms with Gasteiger partial charge in [-0.15, -0.1) is 0 Å². The molecule has 0 saturated carbocycles. The van der Waals surface area contributed by atoms with Crippen molar-refractivity contribution < 1.29 is 26.4 Å². The van der Waals surface area contributed by atoms with Crippen molar-refractivity contribution in [2.24, 2.45) is 0 Å². The van der Waals surface area contributed by atoms with Crippen LogP contribution in [0.15, 0.2) is 41.3 Å². The highest BCUT2D eigenvalue weighted by Gasteiger charge is 2.39. The van der Waals surface area contributed by atoms with Gasteiger partial charge >= 0.3 is 12.1 Å². The van der Waals surface area contributed by atoms with E-state index in [1.165, 1.54) is 12.1 Å². The third kappa shape index (κ3) is 3.67. The van der Waals surface area contributed by atoms with Crippen molar-refractivity contribution in [3.63, 3.8) is 0 Å². The van der Waals surface area contributed by atoms with Crippen LogP contribution in [0.3, 0.4) is 0 Å². The summed E-state index contributed by atoms with van der Waals surface area (Å²) in [5.41, 5.74) is 0.125. The second-order valence-corrected chi connectivity index (χ2v) is 8.30. The minimum atomic E-state index is -5.16. The minimum absolute atomic E-state index is 0.234. The summed E-state index contributed by atoms with van der Waals surface area (Å²) in [6.07, 6.45) is -5.16. The molecule has 6 nitrogen and oxygen atoms in total. The normalized spacial score (nSPS) is 12.4. The summed E-state index contributed by atoms with van der Waals surface area (Å²) in [6.45, 7) is 1.58. The van der Waals surface area contributed by atoms with Crippen molar-refractivity contribution >= 4 is 55.7 Å². The Labute approximate surface area is 166 Å². The first-order valence-electron chi connectivity index (χ1n) is 7.49. The second-order valence-electron chi connectivity index (χ2n) is 5.69. The van der Waals surface area contributed by atoms with Gasteiger partial charge in [0.2, 0.25) is 0 Å². The van der Waals surface area contributed by atoms with Crippen molar-refractivity contribution in [2.75, 3.05) is 5.32 Å². The number of rotatable bonds is 3. The molecular formula is C16H10Cl2F3N3O3S. The maximum Gasteiger partial charge on any atom is 0.471 e. The maximum absolute atomic E-state index is 13.0. The Morgan fingerprint density at radius 2 is 1.82 bits per heavy atom. The zero-order valence-corrected chi connectivity index (χ0v) is 16.2. The Balaban J connectivity index is 2.11. The van der Waals surface area contributed by atoms with E-state index in [0.29, 0.717) is 16.1 Å². The lowest BCUT2D eigenvalue weighted by molar-refractivity contribution is -0.167. The summed E-state index contributed by atoms with van der Waals surface area (Å²) < 4.78 is 64.1. The number of carbonyl (C=O) groups excluding carboxylic acids is 1. The zero-order valence-electron chi connectivity index (χ0n) is 13.9. The van der Waals surface area contributed by atoms with Crippen LogP contribution < -0.4 is 5.32 Å². The molecule has 1 amide bonds. The molecule has 0 spiro atoms. The fraction of sp³-hybridized carbons (Fsp3) is 0.125. The summed E-state index contributed by atoms with van der Waals surface area (Å²) in [6, 6.07) is 7.48. The monoisotopic (exact) mass is 451 g/mol. The number of benzene rings is 2. The fourth-order valence-electron chi connectivity index (χ4n) is 2.45. The number of aromatic nitrogens is 2. The molecule has 0 saturated heterocycles. The predicted octanol–water partition coefficient (Wildman–Crippen LogP) is 4.39. The molecule has 0 unspecified atom stereocenters. The molecule has 0 bridgehead atoms. The molecule has 0 fully saturated rings.